The van der Waals surface area contributed by atoms with Crippen LogP contribution < -0.4 is 5.32 Å². The van der Waals surface area contributed by atoms with Crippen molar-refractivity contribution < 1.29 is 14.3 Å². The Labute approximate surface area is 130 Å². The Morgan fingerprint density at radius 1 is 1.36 bits per heavy atom. The van der Waals surface area contributed by atoms with Crippen LogP contribution in [-0.2, 0) is 11.2 Å². The first kappa shape index (κ1) is 16.2. The van der Waals surface area contributed by atoms with E-state index in [1.807, 2.05) is 44.2 Å². The minimum Gasteiger partial charge on any atom is -0.444 e. The number of rotatable bonds is 7. The number of carbonyl (C=O) groups excluding carboxylic acids is 1. The molecule has 0 aliphatic rings. The molecule has 0 fully saturated rings. The van der Waals surface area contributed by atoms with Crippen molar-refractivity contribution in [3.05, 3.63) is 42.3 Å². The van der Waals surface area contributed by atoms with Gasteiger partial charge in [0.2, 0.25) is 11.8 Å². The molecule has 0 saturated carbocycles. The number of benzene rings is 1. The first-order valence-electron chi connectivity index (χ1n) is 7.48. The highest BCUT2D eigenvalue weighted by atomic mass is 16.3. The zero-order chi connectivity index (χ0) is 16.0. The van der Waals surface area contributed by atoms with Crippen LogP contribution in [0, 0.1) is 0 Å². The Morgan fingerprint density at radius 2 is 2.09 bits per heavy atom. The maximum atomic E-state index is 12.1. The Hall–Kier alpha value is -2.14. The van der Waals surface area contributed by atoms with Crippen LogP contribution >= 0.6 is 0 Å². The van der Waals surface area contributed by atoms with Crippen LogP contribution in [-0.4, -0.2) is 28.1 Å². The van der Waals surface area contributed by atoms with E-state index in [9.17, 15) is 4.79 Å². The summed E-state index contributed by atoms with van der Waals surface area (Å²) in [5, 5.41) is 12.0. The quantitative estimate of drug-likeness (QED) is 0.824. The van der Waals surface area contributed by atoms with Crippen molar-refractivity contribution in [2.24, 2.45) is 0 Å². The van der Waals surface area contributed by atoms with Crippen LogP contribution in [0.15, 0.2) is 41.0 Å². The summed E-state index contributed by atoms with van der Waals surface area (Å²) in [5.74, 6) is 0.391. The molecule has 0 bridgehead atoms. The third-order valence-electron chi connectivity index (χ3n) is 3.80. The fourth-order valence-electron chi connectivity index (χ4n) is 2.22. The second-order valence-electron chi connectivity index (χ2n) is 5.62. The lowest BCUT2D eigenvalue weighted by atomic mass is 9.94. The van der Waals surface area contributed by atoms with Gasteiger partial charge in [0.15, 0.2) is 0 Å². The second kappa shape index (κ2) is 7.22. The van der Waals surface area contributed by atoms with Gasteiger partial charge in [0, 0.05) is 17.7 Å². The van der Waals surface area contributed by atoms with Crippen molar-refractivity contribution >= 4 is 5.91 Å². The van der Waals surface area contributed by atoms with Crippen molar-refractivity contribution in [2.75, 3.05) is 6.61 Å². The van der Waals surface area contributed by atoms with E-state index in [-0.39, 0.29) is 18.9 Å². The lowest BCUT2D eigenvalue weighted by Gasteiger charge is -2.28. The molecule has 2 N–H and O–H groups in total. The largest absolute Gasteiger partial charge is 0.444 e. The van der Waals surface area contributed by atoms with Crippen LogP contribution in [0.2, 0.25) is 0 Å². The van der Waals surface area contributed by atoms with E-state index in [4.69, 9.17) is 9.52 Å². The summed E-state index contributed by atoms with van der Waals surface area (Å²) in [6.45, 7) is 3.96. The van der Waals surface area contributed by atoms with Crippen LogP contribution in [0.1, 0.15) is 32.4 Å². The summed E-state index contributed by atoms with van der Waals surface area (Å²) < 4.78 is 5.42. The third-order valence-corrected chi connectivity index (χ3v) is 3.80. The SMILES string of the molecule is CCC(C)(CCO)NC(=O)Cc1coc(-c2ccccc2)n1. The predicted octanol–water partition coefficient (Wildman–Crippen LogP) is 2.55. The average molecular weight is 302 g/mol. The molecule has 1 aromatic carbocycles. The molecule has 0 saturated heterocycles. The lowest BCUT2D eigenvalue weighted by molar-refractivity contribution is -0.122. The van der Waals surface area contributed by atoms with Gasteiger partial charge in [-0.3, -0.25) is 4.79 Å². The standard InChI is InChI=1S/C17H22N2O3/c1-3-17(2,9-10-20)19-15(21)11-14-12-22-16(18-14)13-7-5-4-6-8-13/h4-8,12,20H,3,9-11H2,1-2H3,(H,19,21). The Morgan fingerprint density at radius 3 is 2.73 bits per heavy atom. The van der Waals surface area contributed by atoms with Crippen molar-refractivity contribution in [1.82, 2.24) is 10.3 Å². The van der Waals surface area contributed by atoms with Crippen LogP contribution in [0.4, 0.5) is 0 Å². The second-order valence-corrected chi connectivity index (χ2v) is 5.62. The molecule has 1 unspecified atom stereocenters. The number of nitrogens with zero attached hydrogens (tertiary/aromatic N) is 1. The fourth-order valence-corrected chi connectivity index (χ4v) is 2.22. The molecule has 0 spiro atoms. The Balaban J connectivity index is 1.99. The summed E-state index contributed by atoms with van der Waals surface area (Å²) in [4.78, 5) is 16.5. The van der Waals surface area contributed by atoms with E-state index in [1.165, 1.54) is 6.26 Å². The average Bonchev–Trinajstić information content (AvgIpc) is 2.96. The summed E-state index contributed by atoms with van der Waals surface area (Å²) in [5.41, 5.74) is 1.09. The minimum atomic E-state index is -0.391. The molecule has 1 amide bonds. The van der Waals surface area contributed by atoms with E-state index in [0.29, 0.717) is 18.0 Å². The Bertz CT molecular complexity index is 609. The van der Waals surface area contributed by atoms with E-state index in [2.05, 4.69) is 10.3 Å². The maximum absolute atomic E-state index is 12.1. The van der Waals surface area contributed by atoms with Crippen molar-refractivity contribution in [1.29, 1.82) is 0 Å². The zero-order valence-electron chi connectivity index (χ0n) is 13.0. The predicted molar refractivity (Wildman–Crippen MR) is 84.2 cm³/mol. The highest BCUT2D eigenvalue weighted by Crippen LogP contribution is 2.19. The van der Waals surface area contributed by atoms with Gasteiger partial charge in [0.25, 0.3) is 0 Å². The number of amides is 1. The van der Waals surface area contributed by atoms with Crippen molar-refractivity contribution in [3.8, 4) is 11.5 Å². The number of hydrogen-bond donors (Lipinski definition) is 2. The van der Waals surface area contributed by atoms with Gasteiger partial charge in [-0.1, -0.05) is 25.1 Å². The van der Waals surface area contributed by atoms with Gasteiger partial charge in [0.05, 0.1) is 12.1 Å². The summed E-state index contributed by atoms with van der Waals surface area (Å²) in [6.07, 6.45) is 2.96. The molecule has 1 heterocycles. The zero-order valence-corrected chi connectivity index (χ0v) is 13.0. The molecular formula is C17H22N2O3. The highest BCUT2D eigenvalue weighted by Gasteiger charge is 2.24. The normalized spacial score (nSPS) is 13.6. The maximum Gasteiger partial charge on any atom is 0.226 e. The number of hydrogen-bond acceptors (Lipinski definition) is 4. The van der Waals surface area contributed by atoms with Gasteiger partial charge in [-0.2, -0.15) is 0 Å². The van der Waals surface area contributed by atoms with E-state index in [0.717, 1.165) is 12.0 Å². The lowest BCUT2D eigenvalue weighted by Crippen LogP contribution is -2.46. The minimum absolute atomic E-state index is 0.0483. The van der Waals surface area contributed by atoms with Crippen molar-refractivity contribution in [3.63, 3.8) is 0 Å². The number of carbonyl (C=O) groups is 1. The number of nitrogens with one attached hydrogen (secondary N) is 1. The molecule has 1 aromatic heterocycles. The van der Waals surface area contributed by atoms with Crippen LogP contribution in [0.5, 0.6) is 0 Å². The first-order valence-corrected chi connectivity index (χ1v) is 7.48. The van der Waals surface area contributed by atoms with E-state index >= 15 is 0 Å². The van der Waals surface area contributed by atoms with Gasteiger partial charge in [0.1, 0.15) is 6.26 Å². The number of aliphatic hydroxyl groups is 1. The smallest absolute Gasteiger partial charge is 0.226 e. The topological polar surface area (TPSA) is 75.4 Å². The van der Waals surface area contributed by atoms with Gasteiger partial charge in [-0.05, 0) is 31.9 Å². The number of oxazole rings is 1. The van der Waals surface area contributed by atoms with Crippen LogP contribution in [0.3, 0.4) is 0 Å². The molecule has 118 valence electrons. The van der Waals surface area contributed by atoms with Gasteiger partial charge in [-0.15, -0.1) is 0 Å². The van der Waals surface area contributed by atoms with E-state index < -0.39 is 5.54 Å². The Kier molecular flexibility index (Phi) is 5.33. The molecule has 0 aliphatic heterocycles. The molecule has 2 aromatic rings. The summed E-state index contributed by atoms with van der Waals surface area (Å²) in [6, 6.07) is 9.56. The molecule has 0 radical (unpaired) electrons. The number of aliphatic hydroxyl groups excluding tert-OH is 1. The molecule has 22 heavy (non-hydrogen) atoms. The molecule has 5 heteroatoms. The van der Waals surface area contributed by atoms with E-state index in [1.54, 1.807) is 0 Å². The highest BCUT2D eigenvalue weighted by molar-refractivity contribution is 5.79. The van der Waals surface area contributed by atoms with Gasteiger partial charge < -0.3 is 14.8 Å². The molecule has 5 nitrogen and oxygen atoms in total. The summed E-state index contributed by atoms with van der Waals surface area (Å²) >= 11 is 0. The third kappa shape index (κ3) is 4.18. The fraction of sp³-hybridized carbons (Fsp3) is 0.412. The van der Waals surface area contributed by atoms with Gasteiger partial charge >= 0.3 is 0 Å². The molecule has 1 atom stereocenters. The first-order chi connectivity index (χ1) is 10.6. The summed E-state index contributed by atoms with van der Waals surface area (Å²) in [7, 11) is 0. The molecule has 0 aliphatic carbocycles. The number of aromatic nitrogens is 1. The van der Waals surface area contributed by atoms with Crippen LogP contribution in [0.25, 0.3) is 11.5 Å². The van der Waals surface area contributed by atoms with Gasteiger partial charge in [-0.25, -0.2) is 4.98 Å². The monoisotopic (exact) mass is 302 g/mol. The molecule has 2 rings (SSSR count). The molecular weight excluding hydrogens is 280 g/mol. The van der Waals surface area contributed by atoms with Crippen molar-refractivity contribution in [2.45, 2.75) is 38.6 Å².